The Kier molecular flexibility index (Phi) is 3.68. The molecule has 0 radical (unpaired) electrons. The molecule has 2 rings (SSSR count). The molecule has 2 N–H and O–H groups in total. The lowest BCUT2D eigenvalue weighted by molar-refractivity contribution is -0.893. The molecule has 0 aromatic rings. The van der Waals surface area contributed by atoms with Gasteiger partial charge in [-0.25, -0.2) is 0 Å². The second kappa shape index (κ2) is 4.90. The zero-order valence-electron chi connectivity index (χ0n) is 10.1. The Bertz CT molecular complexity index is 374. The number of quaternary nitrogens is 1. The van der Waals surface area contributed by atoms with Crippen LogP contribution in [0.15, 0.2) is 15.8 Å². The maximum absolute atomic E-state index is 11.3. The molecular weight excluding hydrogens is 282 g/mol. The molecular formula is C12H19BrN3O+. The summed E-state index contributed by atoms with van der Waals surface area (Å²) in [5.41, 5.74) is 5.39. The highest BCUT2D eigenvalue weighted by Crippen LogP contribution is 2.37. The van der Waals surface area contributed by atoms with E-state index in [0.717, 1.165) is 4.48 Å². The van der Waals surface area contributed by atoms with Crippen LogP contribution in [0.3, 0.4) is 0 Å². The summed E-state index contributed by atoms with van der Waals surface area (Å²) in [6.45, 7) is 0. The molecule has 5 heteroatoms. The Labute approximate surface area is 110 Å². The number of nitrogens with two attached hydrogens (primary N) is 1. The molecule has 1 amide bonds. The number of nitrogens with zero attached hydrogens (tertiary/aromatic N) is 2. The molecule has 94 valence electrons. The van der Waals surface area contributed by atoms with Gasteiger partial charge in [0.25, 0.3) is 0 Å². The van der Waals surface area contributed by atoms with Crippen molar-refractivity contribution in [1.82, 2.24) is 0 Å². The van der Waals surface area contributed by atoms with Gasteiger partial charge in [0.2, 0.25) is 5.91 Å². The van der Waals surface area contributed by atoms with Gasteiger partial charge in [0.1, 0.15) is 18.5 Å². The number of amides is 1. The number of carbonyl (C=O) groups excluding carboxylic acids is 1. The predicted octanol–water partition coefficient (Wildman–Crippen LogP) is 2.10. The van der Waals surface area contributed by atoms with Crippen LogP contribution >= 0.6 is 15.9 Å². The van der Waals surface area contributed by atoms with Gasteiger partial charge in [0.15, 0.2) is 0 Å². The molecule has 1 fully saturated rings. The molecule has 1 unspecified atom stereocenters. The second-order valence-electron chi connectivity index (χ2n) is 5.14. The van der Waals surface area contributed by atoms with Crippen molar-refractivity contribution in [2.24, 2.45) is 16.8 Å². The molecule has 0 bridgehead atoms. The van der Waals surface area contributed by atoms with Gasteiger partial charge in [0.05, 0.1) is 18.0 Å². The van der Waals surface area contributed by atoms with Gasteiger partial charge < -0.3 is 5.73 Å². The van der Waals surface area contributed by atoms with Gasteiger partial charge in [-0.05, 0) is 28.8 Å². The van der Waals surface area contributed by atoms with Gasteiger partial charge in [-0.2, -0.15) is 4.59 Å². The molecule has 1 heterocycles. The van der Waals surface area contributed by atoms with Crippen LogP contribution in [0, 0.1) is 5.92 Å². The molecule has 17 heavy (non-hydrogen) atoms. The minimum absolute atomic E-state index is 0.182. The Morgan fingerprint density at radius 3 is 2.76 bits per heavy atom. The van der Waals surface area contributed by atoms with Crippen LogP contribution in [0.2, 0.25) is 0 Å². The number of primary amides is 1. The van der Waals surface area contributed by atoms with E-state index >= 15 is 0 Å². The van der Waals surface area contributed by atoms with Crippen molar-refractivity contribution in [1.29, 1.82) is 0 Å². The van der Waals surface area contributed by atoms with Gasteiger partial charge in [-0.1, -0.05) is 17.9 Å². The van der Waals surface area contributed by atoms with E-state index in [0.29, 0.717) is 16.9 Å². The predicted molar refractivity (Wildman–Crippen MR) is 71.2 cm³/mol. The number of hydrogen-bond donors (Lipinski definition) is 1. The number of carbonyl (C=O) groups is 1. The van der Waals surface area contributed by atoms with Crippen LogP contribution in [-0.4, -0.2) is 29.8 Å². The minimum Gasteiger partial charge on any atom is -0.369 e. The minimum atomic E-state index is -0.229. The zero-order valence-corrected chi connectivity index (χ0v) is 11.7. The molecule has 1 aliphatic carbocycles. The average Bonchev–Trinajstić information content (AvgIpc) is 2.85. The van der Waals surface area contributed by atoms with Crippen LogP contribution in [0.4, 0.5) is 0 Å². The summed E-state index contributed by atoms with van der Waals surface area (Å²) in [5.74, 6) is 0.326. The number of halogens is 1. The summed E-state index contributed by atoms with van der Waals surface area (Å²) in [7, 11) is 2.04. The molecule has 0 aromatic heterocycles. The molecule has 0 saturated heterocycles. The van der Waals surface area contributed by atoms with Crippen LogP contribution in [0.1, 0.15) is 32.1 Å². The standard InChI is InChI=1S/C12H18BrN3O/c1-16(8-10(13)7-15-16)11(6-12(14)17)9-4-2-3-5-9/h7-9,11H,2-6H2,1H3,(H-,14,17)/p+1/t11-,16?/m1/s1. The normalized spacial score (nSPS) is 30.6. The monoisotopic (exact) mass is 300 g/mol. The molecule has 1 saturated carbocycles. The van der Waals surface area contributed by atoms with Gasteiger partial charge in [-0.3, -0.25) is 4.79 Å². The van der Waals surface area contributed by atoms with Crippen molar-refractivity contribution in [3.05, 3.63) is 10.7 Å². The van der Waals surface area contributed by atoms with Crippen molar-refractivity contribution in [2.75, 3.05) is 7.05 Å². The van der Waals surface area contributed by atoms with E-state index in [9.17, 15) is 4.79 Å². The van der Waals surface area contributed by atoms with E-state index in [1.807, 2.05) is 19.5 Å². The fraction of sp³-hybridized carbons (Fsp3) is 0.667. The maximum atomic E-state index is 11.3. The van der Waals surface area contributed by atoms with E-state index in [1.165, 1.54) is 25.7 Å². The first-order chi connectivity index (χ1) is 8.01. The second-order valence-corrected chi connectivity index (χ2v) is 6.05. The lowest BCUT2D eigenvalue weighted by Crippen LogP contribution is -2.48. The van der Waals surface area contributed by atoms with E-state index in [-0.39, 0.29) is 11.9 Å². The fourth-order valence-electron chi connectivity index (χ4n) is 3.00. The largest absolute Gasteiger partial charge is 0.369 e. The van der Waals surface area contributed by atoms with Crippen molar-refractivity contribution in [3.63, 3.8) is 0 Å². The van der Waals surface area contributed by atoms with Crippen LogP contribution < -0.4 is 5.73 Å². The third kappa shape index (κ3) is 2.77. The molecule has 0 aromatic carbocycles. The van der Waals surface area contributed by atoms with Gasteiger partial charge in [-0.15, -0.1) is 0 Å². The first-order valence-electron chi connectivity index (χ1n) is 6.09. The number of hydrogen-bond acceptors (Lipinski definition) is 2. The number of allylic oxidation sites excluding steroid dienone is 1. The molecule has 2 atom stereocenters. The molecule has 2 aliphatic rings. The highest BCUT2D eigenvalue weighted by Gasteiger charge is 2.42. The van der Waals surface area contributed by atoms with Crippen molar-refractivity contribution >= 4 is 28.1 Å². The zero-order chi connectivity index (χ0) is 12.5. The average molecular weight is 301 g/mol. The summed E-state index contributed by atoms with van der Waals surface area (Å²) in [6, 6.07) is 0.182. The molecule has 1 aliphatic heterocycles. The first kappa shape index (κ1) is 12.8. The van der Waals surface area contributed by atoms with Crippen molar-refractivity contribution in [3.8, 4) is 0 Å². The Balaban J connectivity index is 2.20. The van der Waals surface area contributed by atoms with Crippen LogP contribution in [-0.2, 0) is 4.79 Å². The maximum Gasteiger partial charge on any atom is 0.223 e. The highest BCUT2D eigenvalue weighted by molar-refractivity contribution is 9.12. The van der Waals surface area contributed by atoms with E-state index in [1.54, 1.807) is 0 Å². The highest BCUT2D eigenvalue weighted by atomic mass is 79.9. The third-order valence-corrected chi connectivity index (χ3v) is 4.25. The van der Waals surface area contributed by atoms with Gasteiger partial charge >= 0.3 is 0 Å². The SMILES string of the molecule is C[N+]1([C@H](CC(N)=O)C2CCCC2)C=C(Br)C=N1. The summed E-state index contributed by atoms with van der Waals surface area (Å²) >= 11 is 3.44. The Morgan fingerprint density at radius 1 is 1.65 bits per heavy atom. The first-order valence-corrected chi connectivity index (χ1v) is 6.89. The third-order valence-electron chi connectivity index (χ3n) is 3.84. The lowest BCUT2D eigenvalue weighted by atomic mass is 9.93. The summed E-state index contributed by atoms with van der Waals surface area (Å²) in [6.07, 6.45) is 9.16. The molecule has 4 nitrogen and oxygen atoms in total. The smallest absolute Gasteiger partial charge is 0.223 e. The summed E-state index contributed by atoms with van der Waals surface area (Å²) in [5, 5.41) is 4.51. The quantitative estimate of drug-likeness (QED) is 0.794. The number of rotatable bonds is 4. The van der Waals surface area contributed by atoms with E-state index in [2.05, 4.69) is 21.0 Å². The topological polar surface area (TPSA) is 55.5 Å². The van der Waals surface area contributed by atoms with Crippen molar-refractivity contribution < 1.29 is 9.39 Å². The van der Waals surface area contributed by atoms with E-state index in [4.69, 9.17) is 5.73 Å². The lowest BCUT2D eigenvalue weighted by Gasteiger charge is -2.33. The Morgan fingerprint density at radius 2 is 2.29 bits per heavy atom. The van der Waals surface area contributed by atoms with E-state index < -0.39 is 0 Å². The summed E-state index contributed by atoms with van der Waals surface area (Å²) < 4.78 is 1.43. The van der Waals surface area contributed by atoms with Crippen LogP contribution in [0.5, 0.6) is 0 Å². The van der Waals surface area contributed by atoms with Gasteiger partial charge in [0, 0.05) is 5.92 Å². The van der Waals surface area contributed by atoms with Crippen LogP contribution in [0.25, 0.3) is 0 Å². The molecule has 0 spiro atoms. The summed E-state index contributed by atoms with van der Waals surface area (Å²) in [4.78, 5) is 11.3. The fourth-order valence-corrected chi connectivity index (χ4v) is 3.51. The van der Waals surface area contributed by atoms with Crippen molar-refractivity contribution in [2.45, 2.75) is 38.1 Å². The Hall–Kier alpha value is -0.680.